The third-order valence-corrected chi connectivity index (χ3v) is 11.1. The van der Waals surface area contributed by atoms with E-state index in [0.717, 1.165) is 57.4 Å². The molecule has 1 aliphatic carbocycles. The molecule has 5 nitrogen and oxygen atoms in total. The first-order chi connectivity index (χ1) is 22.0. The largest absolute Gasteiger partial charge is 0.507 e. The summed E-state index contributed by atoms with van der Waals surface area (Å²) in [6.07, 6.45) is 21.5. The Balaban J connectivity index is 2.00. The van der Waals surface area contributed by atoms with E-state index in [1.165, 1.54) is 96.3 Å². The van der Waals surface area contributed by atoms with Crippen LogP contribution in [0.25, 0.3) is 0 Å². The maximum Gasteiger partial charge on any atom is 0.235 e. The van der Waals surface area contributed by atoms with Crippen LogP contribution in [0.5, 0.6) is 5.75 Å². The first-order valence-electron chi connectivity index (χ1n) is 18.6. The molecule has 1 aromatic heterocycles. The van der Waals surface area contributed by atoms with Crippen molar-refractivity contribution in [1.29, 1.82) is 0 Å². The molecule has 46 heavy (non-hydrogen) atoms. The number of benzene rings is 1. The Morgan fingerprint density at radius 1 is 0.652 bits per heavy atom. The van der Waals surface area contributed by atoms with Crippen LogP contribution in [0, 0.1) is 0 Å². The van der Waals surface area contributed by atoms with Crippen molar-refractivity contribution < 1.29 is 5.11 Å². The fraction of sp³-hybridized carbons (Fsp3) is 0.769. The maximum absolute atomic E-state index is 11.5. The number of rotatable bonds is 19. The molecule has 3 rings (SSSR count). The van der Waals surface area contributed by atoms with Gasteiger partial charge in [-0.1, -0.05) is 162 Å². The first-order valence-corrected chi connectivity index (χ1v) is 20.6. The van der Waals surface area contributed by atoms with E-state index >= 15 is 0 Å². The molecule has 1 N–H and O–H groups in total. The molecule has 2 aromatic rings. The van der Waals surface area contributed by atoms with Crippen molar-refractivity contribution in [3.63, 3.8) is 0 Å². The quantitative estimate of drug-likeness (QED) is 0.118. The van der Waals surface area contributed by atoms with Gasteiger partial charge < -0.3 is 10.0 Å². The third-order valence-electron chi connectivity index (χ3n) is 9.18. The molecular weight excluding hydrogens is 605 g/mol. The van der Waals surface area contributed by atoms with E-state index in [2.05, 4.69) is 72.4 Å². The summed E-state index contributed by atoms with van der Waals surface area (Å²) >= 11 is 3.60. The van der Waals surface area contributed by atoms with E-state index in [0.29, 0.717) is 11.8 Å². The van der Waals surface area contributed by atoms with E-state index in [-0.39, 0.29) is 10.8 Å². The van der Waals surface area contributed by atoms with Gasteiger partial charge in [0.1, 0.15) is 5.75 Å². The van der Waals surface area contributed by atoms with Crippen LogP contribution in [0.15, 0.2) is 22.4 Å². The van der Waals surface area contributed by atoms with Gasteiger partial charge in [0.05, 0.1) is 0 Å². The number of hydrogen-bond donors (Lipinski definition) is 1. The molecule has 0 bridgehead atoms. The molecular formula is C39H66N4OS2. The minimum absolute atomic E-state index is 0.201. The second kappa shape index (κ2) is 19.5. The van der Waals surface area contributed by atoms with Gasteiger partial charge in [0, 0.05) is 34.4 Å². The van der Waals surface area contributed by atoms with Crippen LogP contribution in [-0.2, 0) is 10.8 Å². The number of thioether (sulfide) groups is 2. The molecule has 1 aromatic carbocycles. The van der Waals surface area contributed by atoms with Crippen LogP contribution in [0.4, 0.5) is 11.6 Å². The summed E-state index contributed by atoms with van der Waals surface area (Å²) in [6.45, 7) is 17.7. The summed E-state index contributed by atoms with van der Waals surface area (Å²) < 4.78 is 0. The molecule has 0 spiro atoms. The van der Waals surface area contributed by atoms with Crippen molar-refractivity contribution in [3.05, 3.63) is 23.3 Å². The van der Waals surface area contributed by atoms with Crippen LogP contribution in [0.3, 0.4) is 0 Å². The van der Waals surface area contributed by atoms with E-state index in [9.17, 15) is 5.11 Å². The minimum Gasteiger partial charge on any atom is -0.507 e. The summed E-state index contributed by atoms with van der Waals surface area (Å²) in [5.41, 5.74) is 2.67. The predicted octanol–water partition coefficient (Wildman–Crippen LogP) is 12.5. The van der Waals surface area contributed by atoms with Crippen LogP contribution in [0.2, 0.25) is 0 Å². The highest BCUT2D eigenvalue weighted by atomic mass is 32.2. The molecule has 260 valence electrons. The van der Waals surface area contributed by atoms with Gasteiger partial charge in [-0.2, -0.15) is 15.0 Å². The Kier molecular flexibility index (Phi) is 16.5. The van der Waals surface area contributed by atoms with E-state index in [1.54, 1.807) is 23.5 Å². The van der Waals surface area contributed by atoms with Gasteiger partial charge in [0.2, 0.25) is 5.95 Å². The molecule has 0 atom stereocenters. The van der Waals surface area contributed by atoms with Gasteiger partial charge >= 0.3 is 0 Å². The maximum atomic E-state index is 11.5. The van der Waals surface area contributed by atoms with Gasteiger partial charge in [-0.05, 0) is 48.6 Å². The Bertz CT molecular complexity index is 1100. The molecule has 1 fully saturated rings. The van der Waals surface area contributed by atoms with Crippen LogP contribution < -0.4 is 4.90 Å². The first kappa shape index (κ1) is 39.0. The zero-order valence-electron chi connectivity index (χ0n) is 30.7. The predicted molar refractivity (Wildman–Crippen MR) is 203 cm³/mol. The van der Waals surface area contributed by atoms with Gasteiger partial charge in [0.15, 0.2) is 10.3 Å². The fourth-order valence-electron chi connectivity index (χ4n) is 6.39. The Morgan fingerprint density at radius 3 is 1.52 bits per heavy atom. The second-order valence-corrected chi connectivity index (χ2v) is 17.6. The van der Waals surface area contributed by atoms with Crippen LogP contribution in [0.1, 0.15) is 176 Å². The molecule has 7 heteroatoms. The normalized spacial score (nSPS) is 14.6. The van der Waals surface area contributed by atoms with Crippen molar-refractivity contribution in [2.24, 2.45) is 0 Å². The summed E-state index contributed by atoms with van der Waals surface area (Å²) in [6, 6.07) is 4.76. The second-order valence-electron chi connectivity index (χ2n) is 15.5. The average Bonchev–Trinajstić information content (AvgIpc) is 3.00. The molecule has 0 saturated heterocycles. The Hall–Kier alpha value is -1.47. The van der Waals surface area contributed by atoms with Gasteiger partial charge in [-0.15, -0.1) is 0 Å². The van der Waals surface area contributed by atoms with Crippen LogP contribution in [-0.4, -0.2) is 37.6 Å². The SMILES string of the molecule is CCCCCCCCSc1nc(SCCCCCCCC)nc(N(c2cc(C(C)(C)C)c(O)c(C(C)(C)C)c2)C2CCCCC2)n1. The highest BCUT2D eigenvalue weighted by Gasteiger charge is 2.32. The molecule has 0 unspecified atom stereocenters. The topological polar surface area (TPSA) is 62.1 Å². The number of aromatic hydroxyl groups is 1. The highest BCUT2D eigenvalue weighted by molar-refractivity contribution is 7.99. The Labute approximate surface area is 291 Å². The smallest absolute Gasteiger partial charge is 0.235 e. The summed E-state index contributed by atoms with van der Waals surface area (Å²) in [5, 5.41) is 13.3. The number of phenols is 1. The number of hydrogen-bond acceptors (Lipinski definition) is 7. The van der Waals surface area contributed by atoms with E-state index in [1.807, 2.05) is 0 Å². The fourth-order valence-corrected chi connectivity index (χ4v) is 8.10. The van der Waals surface area contributed by atoms with E-state index in [4.69, 9.17) is 15.0 Å². The van der Waals surface area contributed by atoms with Gasteiger partial charge in [0.25, 0.3) is 0 Å². The Morgan fingerprint density at radius 2 is 1.09 bits per heavy atom. The molecule has 0 aliphatic heterocycles. The highest BCUT2D eigenvalue weighted by Crippen LogP contribution is 2.44. The monoisotopic (exact) mass is 670 g/mol. The lowest BCUT2D eigenvalue weighted by Crippen LogP contribution is -2.35. The summed E-state index contributed by atoms with van der Waals surface area (Å²) in [4.78, 5) is 17.9. The molecule has 1 saturated carbocycles. The number of unbranched alkanes of at least 4 members (excludes halogenated alkanes) is 10. The lowest BCUT2D eigenvalue weighted by atomic mass is 9.79. The van der Waals surface area contributed by atoms with Crippen LogP contribution >= 0.6 is 23.5 Å². The standard InChI is InChI=1S/C39H66N4OS2/c1-9-11-13-15-17-22-26-45-36-40-35(41-37(42-36)46-27-23-18-16-14-12-10-2)43(30-24-20-19-21-25-30)31-28-32(38(3,4)5)34(44)33(29-31)39(6,7)8/h28-30,44H,9-27H2,1-8H3. The number of phenolic OH excluding ortho intramolecular Hbond substituents is 1. The lowest BCUT2D eigenvalue weighted by molar-refractivity contribution is 0.419. The van der Waals surface area contributed by atoms with Gasteiger partial charge in [-0.25, -0.2) is 0 Å². The van der Waals surface area contributed by atoms with E-state index < -0.39 is 0 Å². The van der Waals surface area contributed by atoms with Crippen molar-refractivity contribution in [3.8, 4) is 5.75 Å². The number of aromatic nitrogens is 3. The molecule has 0 radical (unpaired) electrons. The zero-order valence-corrected chi connectivity index (χ0v) is 32.4. The number of nitrogens with zero attached hydrogens (tertiary/aromatic N) is 4. The summed E-state index contributed by atoms with van der Waals surface area (Å²) in [7, 11) is 0. The van der Waals surface area contributed by atoms with Crippen molar-refractivity contribution in [2.75, 3.05) is 16.4 Å². The third kappa shape index (κ3) is 12.5. The molecule has 1 aliphatic rings. The number of anilines is 2. The van der Waals surface area contributed by atoms with Crippen molar-refractivity contribution >= 4 is 35.2 Å². The molecule has 0 amide bonds. The van der Waals surface area contributed by atoms with Crippen molar-refractivity contribution in [1.82, 2.24) is 15.0 Å². The summed E-state index contributed by atoms with van der Waals surface area (Å²) in [5.74, 6) is 3.29. The minimum atomic E-state index is -0.201. The average molecular weight is 671 g/mol. The van der Waals surface area contributed by atoms with Crippen molar-refractivity contribution in [2.45, 2.75) is 192 Å². The molecule has 1 heterocycles. The zero-order chi connectivity index (χ0) is 33.6. The lowest BCUT2D eigenvalue weighted by Gasteiger charge is -2.37. The van der Waals surface area contributed by atoms with Gasteiger partial charge in [-0.3, -0.25) is 0 Å².